The van der Waals surface area contributed by atoms with Crippen LogP contribution >= 0.6 is 11.3 Å². The predicted molar refractivity (Wildman–Crippen MR) is 141 cm³/mol. The van der Waals surface area contributed by atoms with Crippen LogP contribution in [0.15, 0.2) is 64.3 Å². The summed E-state index contributed by atoms with van der Waals surface area (Å²) < 4.78 is 16.9. The van der Waals surface area contributed by atoms with Crippen molar-refractivity contribution in [2.45, 2.75) is 26.8 Å². The lowest BCUT2D eigenvalue weighted by Gasteiger charge is -2.25. The van der Waals surface area contributed by atoms with Crippen LogP contribution in [0.1, 0.15) is 51.4 Å². The maximum Gasteiger partial charge on any atom is 0.296 e. The van der Waals surface area contributed by atoms with E-state index in [0.29, 0.717) is 45.2 Å². The Morgan fingerprint density at radius 2 is 1.92 bits per heavy atom. The number of aromatic nitrogens is 1. The van der Waals surface area contributed by atoms with Crippen molar-refractivity contribution in [3.05, 3.63) is 81.8 Å². The molecule has 0 saturated heterocycles. The number of furan rings is 1. The van der Waals surface area contributed by atoms with Crippen molar-refractivity contribution < 1.29 is 33.4 Å². The molecule has 1 atom stereocenters. The van der Waals surface area contributed by atoms with E-state index in [0.717, 1.165) is 11.3 Å². The molecule has 4 aromatic rings. The summed E-state index contributed by atoms with van der Waals surface area (Å²) in [6, 6.07) is 12.6. The minimum absolute atomic E-state index is 0.0231. The number of aliphatic hydroxyl groups is 1. The van der Waals surface area contributed by atoms with Crippen molar-refractivity contribution in [2.24, 2.45) is 0 Å². The first-order chi connectivity index (χ1) is 18.2. The zero-order valence-electron chi connectivity index (χ0n) is 21.1. The summed E-state index contributed by atoms with van der Waals surface area (Å²) in [4.78, 5) is 45.5. The monoisotopic (exact) mass is 532 g/mol. The molecule has 0 spiro atoms. The molecule has 0 saturated carbocycles. The van der Waals surface area contributed by atoms with Crippen molar-refractivity contribution in [2.75, 3.05) is 18.6 Å². The minimum atomic E-state index is -1.07. The summed E-state index contributed by atoms with van der Waals surface area (Å²) in [6.07, 6.45) is 0. The van der Waals surface area contributed by atoms with Gasteiger partial charge in [-0.15, -0.1) is 0 Å². The first-order valence-corrected chi connectivity index (χ1v) is 12.7. The van der Waals surface area contributed by atoms with Crippen LogP contribution in [0.2, 0.25) is 0 Å². The molecule has 1 aliphatic rings. The molecule has 194 valence electrons. The van der Waals surface area contributed by atoms with Crippen LogP contribution < -0.4 is 14.4 Å². The number of carbonyl (C=O) groups is 3. The van der Waals surface area contributed by atoms with Gasteiger partial charge < -0.3 is 19.0 Å². The van der Waals surface area contributed by atoms with E-state index in [2.05, 4.69) is 4.98 Å². The number of methoxy groups -OCH3 is 1. The molecule has 0 fully saturated rings. The number of para-hydroxylation sites is 1. The van der Waals surface area contributed by atoms with E-state index in [1.54, 1.807) is 49.4 Å². The molecule has 0 aliphatic carbocycles. The number of hydrogen-bond acceptors (Lipinski definition) is 9. The highest BCUT2D eigenvalue weighted by atomic mass is 32.1. The standard InChI is InChI=1S/C28H24N2O7S/c1-5-36-19-11-10-17(13-20(19)35-4)23-22(24(32)21-12-16-8-6-7-9-18(16)37-21)25(33)27(34)30(23)28-29-14(2)26(38-28)15(3)31/h6-13,23,33H,5H2,1-4H3. The number of rotatable bonds is 8. The molecule has 3 heterocycles. The molecule has 2 aromatic heterocycles. The highest BCUT2D eigenvalue weighted by Crippen LogP contribution is 2.45. The Morgan fingerprint density at radius 3 is 2.58 bits per heavy atom. The molecule has 5 rings (SSSR count). The number of nitrogens with zero attached hydrogens (tertiary/aromatic N) is 2. The summed E-state index contributed by atoms with van der Waals surface area (Å²) in [5.41, 5.74) is 1.25. The van der Waals surface area contributed by atoms with Crippen molar-refractivity contribution in [1.82, 2.24) is 4.98 Å². The Labute approximate surface area is 221 Å². The highest BCUT2D eigenvalue weighted by Gasteiger charge is 2.47. The van der Waals surface area contributed by atoms with Gasteiger partial charge in [-0.3, -0.25) is 19.3 Å². The third-order valence-electron chi connectivity index (χ3n) is 6.22. The van der Waals surface area contributed by atoms with Gasteiger partial charge in [-0.1, -0.05) is 35.6 Å². The second-order valence-electron chi connectivity index (χ2n) is 8.63. The van der Waals surface area contributed by atoms with Crippen molar-refractivity contribution >= 4 is 44.9 Å². The van der Waals surface area contributed by atoms with E-state index in [-0.39, 0.29) is 22.2 Å². The zero-order valence-corrected chi connectivity index (χ0v) is 21.9. The molecule has 1 unspecified atom stereocenters. The lowest BCUT2D eigenvalue weighted by atomic mass is 9.95. The first-order valence-electron chi connectivity index (χ1n) is 11.8. The van der Waals surface area contributed by atoms with Gasteiger partial charge in [-0.05, 0) is 43.7 Å². The fourth-order valence-corrected chi connectivity index (χ4v) is 5.51. The smallest absolute Gasteiger partial charge is 0.296 e. The summed E-state index contributed by atoms with van der Waals surface area (Å²) in [5.74, 6) is -1.53. The van der Waals surface area contributed by atoms with Crippen LogP contribution in [0, 0.1) is 6.92 Å². The number of Topliss-reactive ketones (excluding diaryl/α,β-unsaturated/α-hetero) is 2. The maximum absolute atomic E-state index is 13.8. The third kappa shape index (κ3) is 4.12. The Balaban J connectivity index is 1.68. The van der Waals surface area contributed by atoms with E-state index in [4.69, 9.17) is 13.9 Å². The Morgan fingerprint density at radius 1 is 1.16 bits per heavy atom. The van der Waals surface area contributed by atoms with Crippen molar-refractivity contribution in [1.29, 1.82) is 0 Å². The fraction of sp³-hybridized carbons (Fsp3) is 0.214. The summed E-state index contributed by atoms with van der Waals surface area (Å²) in [7, 11) is 1.48. The second-order valence-corrected chi connectivity index (χ2v) is 9.61. The van der Waals surface area contributed by atoms with Gasteiger partial charge >= 0.3 is 0 Å². The topological polar surface area (TPSA) is 119 Å². The van der Waals surface area contributed by atoms with Crippen molar-refractivity contribution in [3.8, 4) is 11.5 Å². The zero-order chi connectivity index (χ0) is 27.1. The second kappa shape index (κ2) is 9.79. The average Bonchev–Trinajstić information content (AvgIpc) is 3.58. The van der Waals surface area contributed by atoms with Crippen LogP contribution in [-0.4, -0.2) is 41.3 Å². The van der Waals surface area contributed by atoms with Gasteiger partial charge in [0.1, 0.15) is 5.58 Å². The van der Waals surface area contributed by atoms with Crippen LogP contribution in [0.25, 0.3) is 11.0 Å². The number of thiazole rings is 1. The van der Waals surface area contributed by atoms with E-state index in [1.165, 1.54) is 18.9 Å². The first kappa shape index (κ1) is 25.2. The van der Waals surface area contributed by atoms with Crippen LogP contribution in [-0.2, 0) is 4.79 Å². The Kier molecular flexibility index (Phi) is 6.50. The van der Waals surface area contributed by atoms with Gasteiger partial charge in [0.15, 0.2) is 33.9 Å². The van der Waals surface area contributed by atoms with Gasteiger partial charge in [-0.2, -0.15) is 0 Å². The molecule has 0 bridgehead atoms. The van der Waals surface area contributed by atoms with E-state index >= 15 is 0 Å². The number of fused-ring (bicyclic) bond motifs is 1. The SMILES string of the molecule is CCOc1ccc(C2C(C(=O)c3cc4ccccc4o3)=C(O)C(=O)N2c2nc(C)c(C(C)=O)s2)cc1OC. The van der Waals surface area contributed by atoms with Gasteiger partial charge in [0, 0.05) is 12.3 Å². The van der Waals surface area contributed by atoms with Gasteiger partial charge in [0.25, 0.3) is 5.91 Å². The Bertz CT molecular complexity index is 1600. The number of benzene rings is 2. The molecule has 0 radical (unpaired) electrons. The number of ether oxygens (including phenoxy) is 2. The number of carbonyl (C=O) groups excluding carboxylic acids is 3. The normalized spacial score (nSPS) is 15.4. The predicted octanol–water partition coefficient (Wildman–Crippen LogP) is 5.59. The number of hydrogen-bond donors (Lipinski definition) is 1. The molecule has 1 aliphatic heterocycles. The van der Waals surface area contributed by atoms with Gasteiger partial charge in [0.05, 0.1) is 35.9 Å². The summed E-state index contributed by atoms with van der Waals surface area (Å²) in [5, 5.41) is 11.9. The number of aryl methyl sites for hydroxylation is 1. The van der Waals surface area contributed by atoms with Gasteiger partial charge in [-0.25, -0.2) is 4.98 Å². The molecule has 2 aromatic carbocycles. The van der Waals surface area contributed by atoms with E-state index in [9.17, 15) is 19.5 Å². The molecule has 1 N–H and O–H groups in total. The molecule has 38 heavy (non-hydrogen) atoms. The largest absolute Gasteiger partial charge is 0.503 e. The quantitative estimate of drug-likeness (QED) is 0.292. The number of aliphatic hydroxyl groups excluding tert-OH is 1. The third-order valence-corrected chi connectivity index (χ3v) is 7.47. The van der Waals surface area contributed by atoms with Gasteiger partial charge in [0.2, 0.25) is 5.78 Å². The maximum atomic E-state index is 13.8. The van der Waals surface area contributed by atoms with Crippen LogP contribution in [0.4, 0.5) is 5.13 Å². The summed E-state index contributed by atoms with van der Waals surface area (Å²) in [6.45, 7) is 5.33. The number of ketones is 2. The molecule has 1 amide bonds. The fourth-order valence-electron chi connectivity index (χ4n) is 4.52. The molecule has 10 heteroatoms. The highest BCUT2D eigenvalue weighted by molar-refractivity contribution is 7.17. The summed E-state index contributed by atoms with van der Waals surface area (Å²) >= 11 is 1.02. The van der Waals surface area contributed by atoms with Crippen LogP contribution in [0.3, 0.4) is 0 Å². The van der Waals surface area contributed by atoms with E-state index < -0.39 is 23.5 Å². The molecular weight excluding hydrogens is 508 g/mol. The molecular formula is C28H24N2O7S. The van der Waals surface area contributed by atoms with Crippen LogP contribution in [0.5, 0.6) is 11.5 Å². The number of amides is 1. The Hall–Kier alpha value is -4.44. The lowest BCUT2D eigenvalue weighted by molar-refractivity contribution is -0.117. The molecule has 9 nitrogen and oxygen atoms in total. The lowest BCUT2D eigenvalue weighted by Crippen LogP contribution is -2.31. The van der Waals surface area contributed by atoms with Crippen molar-refractivity contribution in [3.63, 3.8) is 0 Å². The minimum Gasteiger partial charge on any atom is -0.503 e. The number of anilines is 1. The van der Waals surface area contributed by atoms with E-state index in [1.807, 2.05) is 13.0 Å². The average molecular weight is 533 g/mol.